The lowest BCUT2D eigenvalue weighted by Crippen LogP contribution is -2.45. The Kier molecular flexibility index (Phi) is 3.63. The van der Waals surface area contributed by atoms with Crippen LogP contribution >= 0.6 is 11.6 Å². The average molecular weight is 259 g/mol. The Morgan fingerprint density at radius 2 is 2.06 bits per heavy atom. The second kappa shape index (κ2) is 5.01. The van der Waals surface area contributed by atoms with Crippen LogP contribution in [0.3, 0.4) is 0 Å². The molecule has 1 N–H and O–H groups in total. The molecule has 1 saturated carbocycles. The van der Waals surface area contributed by atoms with Gasteiger partial charge in [-0.3, -0.25) is 0 Å². The molecule has 1 aromatic heterocycles. The van der Waals surface area contributed by atoms with Crippen LogP contribution < -0.4 is 10.1 Å². The largest absolute Gasteiger partial charge is 0.467 e. The van der Waals surface area contributed by atoms with Crippen molar-refractivity contribution >= 4 is 17.5 Å². The summed E-state index contributed by atoms with van der Waals surface area (Å²) in [6.45, 7) is 0.660. The SMILES string of the molecule is COc1nc(Cl)nc(NCC2(OC)CCC2)n1. The molecule has 0 aromatic carbocycles. The van der Waals surface area contributed by atoms with Crippen molar-refractivity contribution in [3.63, 3.8) is 0 Å². The molecule has 0 atom stereocenters. The van der Waals surface area contributed by atoms with E-state index in [2.05, 4.69) is 20.3 Å². The van der Waals surface area contributed by atoms with Gasteiger partial charge in [-0.05, 0) is 30.9 Å². The van der Waals surface area contributed by atoms with Gasteiger partial charge in [0.15, 0.2) is 0 Å². The highest BCUT2D eigenvalue weighted by Gasteiger charge is 2.36. The van der Waals surface area contributed by atoms with Crippen molar-refractivity contribution in [2.24, 2.45) is 0 Å². The summed E-state index contributed by atoms with van der Waals surface area (Å²) in [6, 6.07) is 0.201. The fourth-order valence-corrected chi connectivity index (χ4v) is 1.92. The van der Waals surface area contributed by atoms with E-state index in [9.17, 15) is 0 Å². The Balaban J connectivity index is 2.01. The van der Waals surface area contributed by atoms with E-state index in [-0.39, 0.29) is 16.9 Å². The van der Waals surface area contributed by atoms with Gasteiger partial charge in [0.2, 0.25) is 11.2 Å². The molecule has 0 radical (unpaired) electrons. The molecule has 0 unspecified atom stereocenters. The summed E-state index contributed by atoms with van der Waals surface area (Å²) >= 11 is 5.75. The maximum Gasteiger partial charge on any atom is 0.322 e. The molecule has 1 fully saturated rings. The second-order valence-corrected chi connectivity index (χ2v) is 4.35. The van der Waals surface area contributed by atoms with E-state index < -0.39 is 0 Å². The van der Waals surface area contributed by atoms with E-state index in [1.165, 1.54) is 13.5 Å². The summed E-state index contributed by atoms with van der Waals surface area (Å²) in [5.41, 5.74) is -0.0909. The predicted octanol–water partition coefficient (Wildman–Crippen LogP) is 1.51. The number of aromatic nitrogens is 3. The van der Waals surface area contributed by atoms with Gasteiger partial charge >= 0.3 is 6.01 Å². The number of nitrogens with zero attached hydrogens (tertiary/aromatic N) is 3. The van der Waals surface area contributed by atoms with Crippen LogP contribution in [0.4, 0.5) is 5.95 Å². The molecule has 0 spiro atoms. The molecular weight excluding hydrogens is 244 g/mol. The van der Waals surface area contributed by atoms with E-state index in [4.69, 9.17) is 21.1 Å². The number of hydrogen-bond acceptors (Lipinski definition) is 6. The van der Waals surface area contributed by atoms with E-state index >= 15 is 0 Å². The molecule has 1 aliphatic carbocycles. The lowest BCUT2D eigenvalue weighted by molar-refractivity contribution is -0.0602. The predicted molar refractivity (Wildman–Crippen MR) is 63.5 cm³/mol. The standard InChI is InChI=1S/C10H15ClN4O2/c1-16-9-14-7(11)13-8(15-9)12-6-10(17-2)4-3-5-10/h3-6H2,1-2H3,(H,12,13,14,15). The molecule has 7 heteroatoms. The number of ether oxygens (including phenoxy) is 2. The van der Waals surface area contributed by atoms with Crippen LogP contribution in [0.25, 0.3) is 0 Å². The molecule has 2 rings (SSSR count). The Labute approximate surface area is 105 Å². The van der Waals surface area contributed by atoms with Crippen molar-refractivity contribution in [3.05, 3.63) is 5.28 Å². The monoisotopic (exact) mass is 258 g/mol. The molecule has 1 aliphatic rings. The zero-order valence-electron chi connectivity index (χ0n) is 9.86. The third-order valence-corrected chi connectivity index (χ3v) is 3.21. The normalized spacial score (nSPS) is 17.4. The molecule has 0 amide bonds. The van der Waals surface area contributed by atoms with Gasteiger partial charge in [-0.25, -0.2) is 0 Å². The molecule has 0 bridgehead atoms. The molecule has 0 aliphatic heterocycles. The molecule has 6 nitrogen and oxygen atoms in total. The van der Waals surface area contributed by atoms with Crippen LogP contribution in [0.2, 0.25) is 5.28 Å². The fourth-order valence-electron chi connectivity index (χ4n) is 1.77. The summed E-state index contributed by atoms with van der Waals surface area (Å²) in [4.78, 5) is 11.8. The van der Waals surface area contributed by atoms with Gasteiger partial charge in [0.25, 0.3) is 0 Å². The second-order valence-electron chi connectivity index (χ2n) is 4.01. The van der Waals surface area contributed by atoms with Crippen LogP contribution in [-0.2, 0) is 4.74 Å². The van der Waals surface area contributed by atoms with Crippen molar-refractivity contribution in [1.82, 2.24) is 15.0 Å². The first-order valence-electron chi connectivity index (χ1n) is 5.42. The van der Waals surface area contributed by atoms with E-state index in [0.717, 1.165) is 12.8 Å². The van der Waals surface area contributed by atoms with Crippen molar-refractivity contribution in [2.75, 3.05) is 26.1 Å². The fraction of sp³-hybridized carbons (Fsp3) is 0.700. The Bertz CT molecular complexity index is 392. The molecule has 0 saturated heterocycles. The Morgan fingerprint density at radius 3 is 2.59 bits per heavy atom. The van der Waals surface area contributed by atoms with E-state index in [0.29, 0.717) is 12.5 Å². The summed E-state index contributed by atoms with van der Waals surface area (Å²) in [6.07, 6.45) is 3.29. The highest BCUT2D eigenvalue weighted by molar-refractivity contribution is 6.28. The van der Waals surface area contributed by atoms with Crippen LogP contribution in [0, 0.1) is 0 Å². The smallest absolute Gasteiger partial charge is 0.322 e. The number of anilines is 1. The zero-order valence-corrected chi connectivity index (χ0v) is 10.6. The molecule has 17 heavy (non-hydrogen) atoms. The van der Waals surface area contributed by atoms with Gasteiger partial charge in [-0.15, -0.1) is 0 Å². The first-order chi connectivity index (χ1) is 8.17. The van der Waals surface area contributed by atoms with Crippen LogP contribution in [-0.4, -0.2) is 41.3 Å². The van der Waals surface area contributed by atoms with Gasteiger partial charge in [0, 0.05) is 13.7 Å². The van der Waals surface area contributed by atoms with Crippen molar-refractivity contribution in [3.8, 4) is 6.01 Å². The quantitative estimate of drug-likeness (QED) is 0.864. The van der Waals surface area contributed by atoms with Gasteiger partial charge < -0.3 is 14.8 Å². The summed E-state index contributed by atoms with van der Waals surface area (Å²) < 4.78 is 10.4. The summed E-state index contributed by atoms with van der Waals surface area (Å²) in [5, 5.41) is 3.21. The minimum Gasteiger partial charge on any atom is -0.467 e. The minimum absolute atomic E-state index is 0.0909. The first-order valence-corrected chi connectivity index (χ1v) is 5.80. The van der Waals surface area contributed by atoms with E-state index in [1.54, 1.807) is 7.11 Å². The first kappa shape index (κ1) is 12.3. The van der Waals surface area contributed by atoms with E-state index in [1.807, 2.05) is 0 Å². The van der Waals surface area contributed by atoms with Crippen molar-refractivity contribution in [1.29, 1.82) is 0 Å². The number of hydrogen-bond donors (Lipinski definition) is 1. The van der Waals surface area contributed by atoms with Crippen molar-refractivity contribution < 1.29 is 9.47 Å². The molecule has 94 valence electrons. The highest BCUT2D eigenvalue weighted by Crippen LogP contribution is 2.34. The summed E-state index contributed by atoms with van der Waals surface area (Å²) in [7, 11) is 3.21. The zero-order chi connectivity index (χ0) is 12.3. The van der Waals surface area contributed by atoms with Crippen LogP contribution in [0.15, 0.2) is 0 Å². The minimum atomic E-state index is -0.0909. The highest BCUT2D eigenvalue weighted by atomic mass is 35.5. The van der Waals surface area contributed by atoms with Gasteiger partial charge in [0.05, 0.1) is 12.7 Å². The lowest BCUT2D eigenvalue weighted by atomic mass is 9.80. The average Bonchev–Trinajstić information content (AvgIpc) is 2.27. The number of methoxy groups -OCH3 is 2. The third-order valence-electron chi connectivity index (χ3n) is 3.04. The number of rotatable bonds is 5. The topological polar surface area (TPSA) is 69.2 Å². The number of halogens is 1. The Morgan fingerprint density at radius 1 is 1.29 bits per heavy atom. The van der Waals surface area contributed by atoms with Crippen LogP contribution in [0.1, 0.15) is 19.3 Å². The third kappa shape index (κ3) is 2.76. The number of nitrogens with one attached hydrogen (secondary N) is 1. The maximum absolute atomic E-state index is 5.75. The molecule has 1 aromatic rings. The molecule has 1 heterocycles. The van der Waals surface area contributed by atoms with Gasteiger partial charge in [-0.1, -0.05) is 0 Å². The van der Waals surface area contributed by atoms with Gasteiger partial charge in [-0.2, -0.15) is 15.0 Å². The van der Waals surface area contributed by atoms with Gasteiger partial charge in [0.1, 0.15) is 0 Å². The molecular formula is C10H15ClN4O2. The summed E-state index contributed by atoms with van der Waals surface area (Å²) in [5.74, 6) is 0.408. The maximum atomic E-state index is 5.75. The van der Waals surface area contributed by atoms with Crippen LogP contribution in [0.5, 0.6) is 6.01 Å². The van der Waals surface area contributed by atoms with Crippen molar-refractivity contribution in [2.45, 2.75) is 24.9 Å². The lowest BCUT2D eigenvalue weighted by Gasteiger charge is -2.40. The Hall–Kier alpha value is -1.14.